The molecule has 0 N–H and O–H groups in total. The van der Waals surface area contributed by atoms with E-state index in [1.807, 2.05) is 0 Å². The summed E-state index contributed by atoms with van der Waals surface area (Å²) in [5.41, 5.74) is 0. The summed E-state index contributed by atoms with van der Waals surface area (Å²) in [5, 5.41) is 0. The van der Waals surface area contributed by atoms with E-state index in [0.717, 1.165) is 4.48 Å². The Morgan fingerprint density at radius 3 is 1.05 bits per heavy atom. The smallest absolute Gasteiger partial charge is 0.187 e. The fraction of sp³-hybridized carbons (Fsp3) is 1.00. The van der Waals surface area contributed by atoms with Crippen molar-refractivity contribution in [2.75, 3.05) is 27.7 Å². The third-order valence-electron chi connectivity index (χ3n) is 4.18. The second kappa shape index (κ2) is 19.8. The van der Waals surface area contributed by atoms with E-state index < -0.39 is 0 Å². The molecule has 0 aliphatic rings. The summed E-state index contributed by atoms with van der Waals surface area (Å²) in [6.45, 7) is 3.63. The van der Waals surface area contributed by atoms with Crippen LogP contribution in [-0.4, -0.2) is 49.5 Å². The number of quaternary nitrogens is 1. The van der Waals surface area contributed by atoms with Crippen LogP contribution in [0.15, 0.2) is 0 Å². The normalized spacial score (nSPS) is 10.9. The third kappa shape index (κ3) is 25.7. The van der Waals surface area contributed by atoms with Crippen molar-refractivity contribution in [1.82, 2.24) is 0 Å². The molecule has 1 nitrogen and oxygen atoms in total. The molecule has 0 aliphatic heterocycles. The van der Waals surface area contributed by atoms with Crippen molar-refractivity contribution in [3.63, 3.8) is 0 Å². The van der Waals surface area contributed by atoms with Crippen LogP contribution >= 0.6 is 12.4 Å². The lowest BCUT2D eigenvalue weighted by atomic mass is 10.0. The average Bonchev–Trinajstić information content (AvgIpc) is 2.38. The standard InChI is InChI=1S/C19H42N.Al.ClH.3H/c1-5-6-7-8-9-10-11-12-13-14-15-16-17-18-19-20(2,3)4;;;;;/h5-19H2,1-4H3;;1H;;;/q+1;;;;;. The maximum Gasteiger partial charge on any atom is 0.187 e. The number of unbranched alkanes of at least 4 members (excludes halogenated alkanes) is 13. The zero-order chi connectivity index (χ0) is 15.1. The lowest BCUT2D eigenvalue weighted by Crippen LogP contribution is -2.35. The molecule has 0 spiro atoms. The van der Waals surface area contributed by atoms with Crippen LogP contribution in [0.25, 0.3) is 0 Å². The number of rotatable bonds is 15. The van der Waals surface area contributed by atoms with Gasteiger partial charge in [-0.25, -0.2) is 0 Å². The highest BCUT2D eigenvalue weighted by Gasteiger charge is 2.04. The topological polar surface area (TPSA) is 0 Å². The van der Waals surface area contributed by atoms with Crippen LogP contribution in [-0.2, 0) is 0 Å². The molecule has 0 heterocycles. The highest BCUT2D eigenvalue weighted by atomic mass is 35.5. The van der Waals surface area contributed by atoms with Gasteiger partial charge < -0.3 is 4.48 Å². The first-order valence-corrected chi connectivity index (χ1v) is 9.36. The second-order valence-corrected chi connectivity index (χ2v) is 7.61. The van der Waals surface area contributed by atoms with Gasteiger partial charge in [0.15, 0.2) is 17.4 Å². The number of hydrogen-bond acceptors (Lipinski definition) is 0. The zero-order valence-electron chi connectivity index (χ0n) is 15.5. The number of hydrogen-bond donors (Lipinski definition) is 0. The second-order valence-electron chi connectivity index (χ2n) is 7.61. The Hall–Kier alpha value is 0.782. The Morgan fingerprint density at radius 2 is 0.773 bits per heavy atom. The van der Waals surface area contributed by atoms with Crippen molar-refractivity contribution in [3.05, 3.63) is 0 Å². The van der Waals surface area contributed by atoms with Gasteiger partial charge >= 0.3 is 0 Å². The Balaban J connectivity index is -0.00000180. The van der Waals surface area contributed by atoms with E-state index in [0.29, 0.717) is 0 Å². The van der Waals surface area contributed by atoms with Crippen molar-refractivity contribution in [3.8, 4) is 0 Å². The molecule has 0 aromatic heterocycles. The van der Waals surface area contributed by atoms with Gasteiger partial charge in [0, 0.05) is 0 Å². The zero-order valence-corrected chi connectivity index (χ0v) is 16.3. The van der Waals surface area contributed by atoms with Crippen molar-refractivity contribution in [2.24, 2.45) is 0 Å². The van der Waals surface area contributed by atoms with Crippen LogP contribution in [0.3, 0.4) is 0 Å². The van der Waals surface area contributed by atoms with Gasteiger partial charge in [0.1, 0.15) is 0 Å². The SMILES string of the molecule is CCCCCCCCCCCCCCCC[N+](C)(C)C.Cl.[AlH3]. The summed E-state index contributed by atoms with van der Waals surface area (Å²) in [6, 6.07) is 0. The van der Waals surface area contributed by atoms with Crippen LogP contribution < -0.4 is 0 Å². The fourth-order valence-electron chi connectivity index (χ4n) is 2.78. The molecule has 0 amide bonds. The van der Waals surface area contributed by atoms with Gasteiger partial charge in [-0.1, -0.05) is 84.0 Å². The molecule has 0 rings (SSSR count). The number of nitrogens with zero attached hydrogens (tertiary/aromatic N) is 1. The highest BCUT2D eigenvalue weighted by Crippen LogP contribution is 2.13. The molecule has 22 heavy (non-hydrogen) atoms. The average molecular weight is 351 g/mol. The van der Waals surface area contributed by atoms with Crippen LogP contribution in [0.1, 0.15) is 96.8 Å². The van der Waals surface area contributed by atoms with Crippen molar-refractivity contribution in [1.29, 1.82) is 0 Å². The first-order chi connectivity index (χ1) is 9.56. The van der Waals surface area contributed by atoms with E-state index in [1.54, 1.807) is 0 Å². The van der Waals surface area contributed by atoms with E-state index in [2.05, 4.69) is 28.1 Å². The lowest BCUT2D eigenvalue weighted by molar-refractivity contribution is -0.870. The minimum absolute atomic E-state index is 0. The first kappa shape index (κ1) is 27.6. The summed E-state index contributed by atoms with van der Waals surface area (Å²) < 4.78 is 1.12. The molecule has 0 aromatic carbocycles. The molecule has 0 bridgehead atoms. The number of halogens is 1. The largest absolute Gasteiger partial charge is 0.331 e. The molecule has 0 saturated heterocycles. The van der Waals surface area contributed by atoms with Crippen molar-refractivity contribution in [2.45, 2.75) is 96.8 Å². The highest BCUT2D eigenvalue weighted by molar-refractivity contribution is 5.85. The summed E-state index contributed by atoms with van der Waals surface area (Å²) in [4.78, 5) is 0. The summed E-state index contributed by atoms with van der Waals surface area (Å²) in [5.74, 6) is 0. The predicted octanol–water partition coefficient (Wildman–Crippen LogP) is 5.41. The van der Waals surface area contributed by atoms with Gasteiger partial charge in [0.2, 0.25) is 0 Å². The maximum absolute atomic E-state index is 2.29. The first-order valence-electron chi connectivity index (χ1n) is 9.36. The molecule has 3 heteroatoms. The summed E-state index contributed by atoms with van der Waals surface area (Å²) >= 11 is 0. The minimum atomic E-state index is 0. The lowest BCUT2D eigenvalue weighted by Gasteiger charge is -2.23. The van der Waals surface area contributed by atoms with Crippen molar-refractivity contribution >= 4 is 29.8 Å². The molecular formula is C19H46AlClN+. The van der Waals surface area contributed by atoms with Crippen LogP contribution in [0.5, 0.6) is 0 Å². The molecule has 0 atom stereocenters. The van der Waals surface area contributed by atoms with Gasteiger partial charge in [-0.15, -0.1) is 12.4 Å². The monoisotopic (exact) mass is 350 g/mol. The molecule has 0 aliphatic carbocycles. The summed E-state index contributed by atoms with van der Waals surface area (Å²) in [6.07, 6.45) is 20.4. The van der Waals surface area contributed by atoms with E-state index in [-0.39, 0.29) is 29.8 Å². The molecule has 0 radical (unpaired) electrons. The quantitative estimate of drug-likeness (QED) is 0.210. The minimum Gasteiger partial charge on any atom is -0.331 e. The van der Waals surface area contributed by atoms with E-state index in [4.69, 9.17) is 0 Å². The van der Waals surface area contributed by atoms with Gasteiger partial charge in [-0.2, -0.15) is 0 Å². The molecular weight excluding hydrogens is 305 g/mol. The Labute approximate surface area is 158 Å². The van der Waals surface area contributed by atoms with Gasteiger partial charge in [-0.3, -0.25) is 0 Å². The Bertz CT molecular complexity index is 192. The molecule has 0 fully saturated rings. The van der Waals surface area contributed by atoms with Crippen LogP contribution in [0, 0.1) is 0 Å². The Kier molecular flexibility index (Phi) is 24.9. The van der Waals surface area contributed by atoms with E-state index in [1.165, 1.54) is 96.4 Å². The maximum atomic E-state index is 2.29. The predicted molar refractivity (Wildman–Crippen MR) is 110 cm³/mol. The molecule has 0 aromatic rings. The van der Waals surface area contributed by atoms with Gasteiger partial charge in [-0.05, 0) is 12.8 Å². The molecule has 0 unspecified atom stereocenters. The van der Waals surface area contributed by atoms with E-state index in [9.17, 15) is 0 Å². The van der Waals surface area contributed by atoms with Crippen molar-refractivity contribution < 1.29 is 4.48 Å². The van der Waals surface area contributed by atoms with Gasteiger partial charge in [0.05, 0.1) is 27.7 Å². The molecule has 0 saturated carbocycles. The van der Waals surface area contributed by atoms with E-state index >= 15 is 0 Å². The summed E-state index contributed by atoms with van der Waals surface area (Å²) in [7, 11) is 6.88. The van der Waals surface area contributed by atoms with Crippen LogP contribution in [0.2, 0.25) is 0 Å². The van der Waals surface area contributed by atoms with Crippen LogP contribution in [0.4, 0.5) is 0 Å². The van der Waals surface area contributed by atoms with Gasteiger partial charge in [0.25, 0.3) is 0 Å². The Morgan fingerprint density at radius 1 is 0.500 bits per heavy atom. The fourth-order valence-corrected chi connectivity index (χ4v) is 2.78. The molecule has 136 valence electrons. The third-order valence-corrected chi connectivity index (χ3v) is 4.18.